The topological polar surface area (TPSA) is 52.0 Å². The van der Waals surface area contributed by atoms with Gasteiger partial charge in [-0.05, 0) is 12.8 Å². The van der Waals surface area contributed by atoms with Crippen molar-refractivity contribution in [1.29, 1.82) is 0 Å². The van der Waals surface area contributed by atoms with Crippen LogP contribution in [0.1, 0.15) is 24.3 Å². The van der Waals surface area contributed by atoms with Crippen molar-refractivity contribution in [2.24, 2.45) is 5.73 Å². The van der Waals surface area contributed by atoms with Crippen molar-refractivity contribution in [3.63, 3.8) is 0 Å². The highest BCUT2D eigenvalue weighted by atomic mass is 19.4. The van der Waals surface area contributed by atoms with Gasteiger partial charge in [-0.1, -0.05) is 5.16 Å². The van der Waals surface area contributed by atoms with Gasteiger partial charge in [-0.3, -0.25) is 0 Å². The van der Waals surface area contributed by atoms with Gasteiger partial charge in [0, 0.05) is 6.07 Å². The maximum atomic E-state index is 12.0. The van der Waals surface area contributed by atoms with Crippen molar-refractivity contribution in [1.82, 2.24) is 5.16 Å². The van der Waals surface area contributed by atoms with E-state index in [1.807, 2.05) is 0 Å². The molecule has 0 amide bonds. The maximum absolute atomic E-state index is 12.0. The molecule has 0 spiro atoms. The first-order chi connectivity index (χ1) is 5.92. The Balaban J connectivity index is 2.29. The average molecular weight is 192 g/mol. The number of aromatic nitrogens is 1. The van der Waals surface area contributed by atoms with Crippen LogP contribution >= 0.6 is 0 Å². The van der Waals surface area contributed by atoms with Gasteiger partial charge in [-0.15, -0.1) is 0 Å². The second-order valence-electron chi connectivity index (χ2n) is 3.23. The van der Waals surface area contributed by atoms with E-state index in [4.69, 9.17) is 5.73 Å². The lowest BCUT2D eigenvalue weighted by atomic mass is 10.2. The Morgan fingerprint density at radius 1 is 1.46 bits per heavy atom. The summed E-state index contributed by atoms with van der Waals surface area (Å²) >= 11 is 0. The van der Waals surface area contributed by atoms with Gasteiger partial charge in [0.1, 0.15) is 5.69 Å². The van der Waals surface area contributed by atoms with Crippen molar-refractivity contribution >= 4 is 0 Å². The molecule has 72 valence electrons. The normalized spacial score (nSPS) is 20.3. The van der Waals surface area contributed by atoms with Crippen molar-refractivity contribution in [3.05, 3.63) is 17.5 Å². The molecule has 0 atom stereocenters. The molecule has 1 aromatic rings. The SMILES string of the molecule is NC1(c2cc(C(F)(F)F)on2)CC1. The van der Waals surface area contributed by atoms with Gasteiger partial charge in [0.15, 0.2) is 0 Å². The molecule has 0 aromatic carbocycles. The molecule has 0 bridgehead atoms. The van der Waals surface area contributed by atoms with E-state index in [0.717, 1.165) is 6.07 Å². The summed E-state index contributed by atoms with van der Waals surface area (Å²) in [5.41, 5.74) is 5.16. The van der Waals surface area contributed by atoms with E-state index in [1.54, 1.807) is 0 Å². The highest BCUT2D eigenvalue weighted by Gasteiger charge is 2.45. The zero-order valence-electron chi connectivity index (χ0n) is 6.56. The first-order valence-corrected chi connectivity index (χ1v) is 3.75. The molecule has 1 fully saturated rings. The molecule has 2 N–H and O–H groups in total. The van der Waals surface area contributed by atoms with E-state index < -0.39 is 17.5 Å². The minimum Gasteiger partial charge on any atom is -0.351 e. The maximum Gasteiger partial charge on any atom is 0.452 e. The molecule has 1 aromatic heterocycles. The summed E-state index contributed by atoms with van der Waals surface area (Å²) in [5.74, 6) is -1.08. The van der Waals surface area contributed by atoms with E-state index in [1.165, 1.54) is 0 Å². The van der Waals surface area contributed by atoms with E-state index in [-0.39, 0.29) is 5.69 Å². The van der Waals surface area contributed by atoms with Gasteiger partial charge in [-0.25, -0.2) is 0 Å². The van der Waals surface area contributed by atoms with Crippen LogP contribution in [0.2, 0.25) is 0 Å². The molecule has 0 saturated heterocycles. The predicted molar refractivity (Wildman–Crippen MR) is 36.6 cm³/mol. The van der Waals surface area contributed by atoms with Crippen molar-refractivity contribution in [2.45, 2.75) is 24.6 Å². The van der Waals surface area contributed by atoms with Crippen LogP contribution in [0.4, 0.5) is 13.2 Å². The lowest BCUT2D eigenvalue weighted by molar-refractivity contribution is -0.155. The van der Waals surface area contributed by atoms with Gasteiger partial charge >= 0.3 is 6.18 Å². The number of nitrogens with two attached hydrogens (primary N) is 1. The fraction of sp³-hybridized carbons (Fsp3) is 0.571. The molecule has 13 heavy (non-hydrogen) atoms. The van der Waals surface area contributed by atoms with Crippen molar-refractivity contribution in [3.8, 4) is 0 Å². The fourth-order valence-corrected chi connectivity index (χ4v) is 1.03. The number of nitrogens with zero attached hydrogens (tertiary/aromatic N) is 1. The van der Waals surface area contributed by atoms with E-state index in [0.29, 0.717) is 12.8 Å². The molecule has 1 heterocycles. The van der Waals surface area contributed by atoms with Crippen molar-refractivity contribution in [2.75, 3.05) is 0 Å². The summed E-state index contributed by atoms with van der Waals surface area (Å²) in [4.78, 5) is 0. The molecule has 1 aliphatic carbocycles. The number of rotatable bonds is 1. The lowest BCUT2D eigenvalue weighted by Crippen LogP contribution is -2.18. The van der Waals surface area contributed by atoms with Crippen LogP contribution < -0.4 is 5.73 Å². The molecule has 0 aliphatic heterocycles. The van der Waals surface area contributed by atoms with Gasteiger partial charge in [0.25, 0.3) is 0 Å². The van der Waals surface area contributed by atoms with Crippen LogP contribution in [0, 0.1) is 0 Å². The number of halogens is 3. The van der Waals surface area contributed by atoms with Crippen LogP contribution in [-0.2, 0) is 11.7 Å². The Bertz CT molecular complexity index is 307. The zero-order valence-corrected chi connectivity index (χ0v) is 6.56. The average Bonchev–Trinajstić information content (AvgIpc) is 2.60. The zero-order chi connectivity index (χ0) is 9.69. The van der Waals surface area contributed by atoms with Gasteiger partial charge < -0.3 is 10.3 Å². The Kier molecular flexibility index (Phi) is 1.48. The molecule has 1 saturated carbocycles. The molecule has 6 heteroatoms. The first-order valence-electron chi connectivity index (χ1n) is 3.75. The summed E-state index contributed by atoms with van der Waals surface area (Å²) in [7, 11) is 0. The summed E-state index contributed by atoms with van der Waals surface area (Å²) in [5, 5.41) is 3.30. The molecule has 0 unspecified atom stereocenters. The monoisotopic (exact) mass is 192 g/mol. The quantitative estimate of drug-likeness (QED) is 0.735. The first kappa shape index (κ1) is 8.55. The second-order valence-corrected chi connectivity index (χ2v) is 3.23. The molecule has 2 rings (SSSR count). The molecular formula is C7H7F3N2O. The molecule has 3 nitrogen and oxygen atoms in total. The molecule has 0 radical (unpaired) electrons. The standard InChI is InChI=1S/C7H7F3N2O/c8-7(9,10)5-3-4(12-13-5)6(11)1-2-6/h3H,1-2,11H2. The Labute approximate surface area is 71.7 Å². The smallest absolute Gasteiger partial charge is 0.351 e. The van der Waals surface area contributed by atoms with Crippen molar-refractivity contribution < 1.29 is 17.7 Å². The van der Waals surface area contributed by atoms with Crippen LogP contribution in [0.15, 0.2) is 10.6 Å². The summed E-state index contributed by atoms with van der Waals surface area (Å²) in [6, 6.07) is 0.868. The lowest BCUT2D eigenvalue weighted by Gasteiger charge is -2.00. The largest absolute Gasteiger partial charge is 0.452 e. The summed E-state index contributed by atoms with van der Waals surface area (Å²) < 4.78 is 40.2. The predicted octanol–water partition coefficient (Wildman–Crippen LogP) is 1.64. The number of hydrogen-bond donors (Lipinski definition) is 1. The Hall–Kier alpha value is -1.04. The number of alkyl halides is 3. The van der Waals surface area contributed by atoms with Crippen LogP contribution in [0.5, 0.6) is 0 Å². The van der Waals surface area contributed by atoms with Gasteiger partial charge in [0.2, 0.25) is 5.76 Å². The van der Waals surface area contributed by atoms with E-state index >= 15 is 0 Å². The third kappa shape index (κ3) is 1.41. The number of hydrogen-bond acceptors (Lipinski definition) is 3. The third-order valence-corrected chi connectivity index (χ3v) is 2.09. The van der Waals surface area contributed by atoms with Gasteiger partial charge in [0.05, 0.1) is 5.54 Å². The van der Waals surface area contributed by atoms with E-state index in [9.17, 15) is 13.2 Å². The van der Waals surface area contributed by atoms with Crippen LogP contribution in [-0.4, -0.2) is 5.16 Å². The second kappa shape index (κ2) is 2.25. The fourth-order valence-electron chi connectivity index (χ4n) is 1.03. The van der Waals surface area contributed by atoms with Crippen LogP contribution in [0.3, 0.4) is 0 Å². The van der Waals surface area contributed by atoms with Crippen LogP contribution in [0.25, 0.3) is 0 Å². The Morgan fingerprint density at radius 2 is 2.08 bits per heavy atom. The van der Waals surface area contributed by atoms with E-state index in [2.05, 4.69) is 9.68 Å². The van der Waals surface area contributed by atoms with Gasteiger partial charge in [-0.2, -0.15) is 13.2 Å². The highest BCUT2D eigenvalue weighted by molar-refractivity contribution is 5.23. The summed E-state index contributed by atoms with van der Waals surface area (Å²) in [6.07, 6.45) is -3.15. The Morgan fingerprint density at radius 3 is 2.46 bits per heavy atom. The molecular weight excluding hydrogens is 185 g/mol. The minimum absolute atomic E-state index is 0.194. The minimum atomic E-state index is -4.48. The summed E-state index contributed by atoms with van der Waals surface area (Å²) in [6.45, 7) is 0. The third-order valence-electron chi connectivity index (χ3n) is 2.09. The molecule has 1 aliphatic rings. The highest BCUT2D eigenvalue weighted by Crippen LogP contribution is 2.43.